The first-order valence-electron chi connectivity index (χ1n) is 6.86. The van der Waals surface area contributed by atoms with Gasteiger partial charge in [-0.2, -0.15) is 0 Å². The molecule has 0 rings (SSSR count). The maximum absolute atomic E-state index is 11.3. The molecule has 0 aromatic rings. The van der Waals surface area contributed by atoms with Crippen molar-refractivity contribution in [1.29, 1.82) is 0 Å². The average Bonchev–Trinajstić information content (AvgIpc) is 2.39. The van der Waals surface area contributed by atoms with Gasteiger partial charge in [0.25, 0.3) is 0 Å². The zero-order valence-electron chi connectivity index (χ0n) is 12.6. The van der Waals surface area contributed by atoms with E-state index in [1.54, 1.807) is 0 Å². The molecule has 0 aromatic heterocycles. The molecule has 0 N–H and O–H groups in total. The first-order chi connectivity index (χ1) is 7.65. The summed E-state index contributed by atoms with van der Waals surface area (Å²) in [6.07, 6.45) is 2.81. The van der Waals surface area contributed by atoms with E-state index in [9.17, 15) is 4.79 Å². The van der Waals surface area contributed by atoms with Crippen molar-refractivity contribution in [3.8, 4) is 0 Å². The summed E-state index contributed by atoms with van der Waals surface area (Å²) in [6.45, 7) is 16.0. The quantitative estimate of drug-likeness (QED) is 0.635. The normalized spacial score (nSPS) is 10.6. The fourth-order valence-corrected chi connectivity index (χ4v) is 0.902. The third-order valence-corrected chi connectivity index (χ3v) is 2.21. The smallest absolute Gasteiger partial charge is 0.308 e. The zero-order valence-corrected chi connectivity index (χ0v) is 12.6. The summed E-state index contributed by atoms with van der Waals surface area (Å²) >= 11 is 0. The number of carbonyl (C=O) groups is 1. The Balaban J connectivity index is -0.000000376. The Kier molecular flexibility index (Phi) is 22.0. The van der Waals surface area contributed by atoms with Crippen LogP contribution in [0.5, 0.6) is 0 Å². The Hall–Kier alpha value is -0.530. The van der Waals surface area contributed by atoms with Crippen molar-refractivity contribution in [1.82, 2.24) is 0 Å². The SMILES string of the molecule is CC.CC.CCC(CC)OC(=O)C(C)CC. The molecule has 1 atom stereocenters. The van der Waals surface area contributed by atoms with E-state index in [0.717, 1.165) is 19.3 Å². The van der Waals surface area contributed by atoms with Crippen LogP contribution < -0.4 is 0 Å². The summed E-state index contributed by atoms with van der Waals surface area (Å²) in [5.41, 5.74) is 0. The van der Waals surface area contributed by atoms with Gasteiger partial charge in [-0.3, -0.25) is 4.79 Å². The van der Waals surface area contributed by atoms with Gasteiger partial charge in [0, 0.05) is 0 Å². The van der Waals surface area contributed by atoms with E-state index in [1.165, 1.54) is 0 Å². The second-order valence-corrected chi connectivity index (χ2v) is 3.18. The molecule has 0 aliphatic carbocycles. The van der Waals surface area contributed by atoms with Crippen molar-refractivity contribution in [2.45, 2.75) is 80.8 Å². The van der Waals surface area contributed by atoms with Crippen LogP contribution in [0.15, 0.2) is 0 Å². The lowest BCUT2D eigenvalue weighted by Gasteiger charge is -2.16. The molecule has 2 nitrogen and oxygen atoms in total. The monoisotopic (exact) mass is 232 g/mol. The maximum Gasteiger partial charge on any atom is 0.308 e. The standard InChI is InChI=1S/C10H20O2.2C2H6/c1-5-8(4)10(11)12-9(6-2)7-3;2*1-2/h8-9H,5-7H2,1-4H3;2*1-2H3. The number of hydrogen-bond acceptors (Lipinski definition) is 2. The third kappa shape index (κ3) is 11.5. The minimum Gasteiger partial charge on any atom is -0.462 e. The van der Waals surface area contributed by atoms with E-state index in [4.69, 9.17) is 4.74 Å². The van der Waals surface area contributed by atoms with Gasteiger partial charge in [-0.25, -0.2) is 0 Å². The molecular weight excluding hydrogens is 200 g/mol. The fraction of sp³-hybridized carbons (Fsp3) is 0.929. The highest BCUT2D eigenvalue weighted by Gasteiger charge is 2.15. The Labute approximate surface area is 103 Å². The maximum atomic E-state index is 11.3. The highest BCUT2D eigenvalue weighted by molar-refractivity contribution is 5.72. The Bertz CT molecular complexity index is 129. The molecule has 0 saturated carbocycles. The lowest BCUT2D eigenvalue weighted by atomic mass is 10.1. The van der Waals surface area contributed by atoms with Gasteiger partial charge in [0.1, 0.15) is 6.10 Å². The summed E-state index contributed by atoms with van der Waals surface area (Å²) in [5.74, 6) is -0.00296. The molecule has 1 unspecified atom stereocenters. The molecule has 0 aromatic carbocycles. The van der Waals surface area contributed by atoms with Gasteiger partial charge < -0.3 is 4.74 Å². The van der Waals surface area contributed by atoms with Gasteiger partial charge in [0.15, 0.2) is 0 Å². The minimum absolute atomic E-state index is 0.0469. The van der Waals surface area contributed by atoms with Crippen molar-refractivity contribution in [3.05, 3.63) is 0 Å². The van der Waals surface area contributed by atoms with Gasteiger partial charge in [0.05, 0.1) is 5.92 Å². The predicted octanol–water partition coefficient (Wildman–Crippen LogP) is 4.82. The highest BCUT2D eigenvalue weighted by Crippen LogP contribution is 2.09. The fourth-order valence-electron chi connectivity index (χ4n) is 0.902. The van der Waals surface area contributed by atoms with Crippen molar-refractivity contribution in [2.24, 2.45) is 5.92 Å². The molecule has 0 heterocycles. The molecule has 0 amide bonds. The van der Waals surface area contributed by atoms with E-state index < -0.39 is 0 Å². The van der Waals surface area contributed by atoms with Crippen LogP contribution in [0.3, 0.4) is 0 Å². The van der Waals surface area contributed by atoms with Crippen molar-refractivity contribution < 1.29 is 9.53 Å². The van der Waals surface area contributed by atoms with Crippen LogP contribution in [0, 0.1) is 5.92 Å². The second-order valence-electron chi connectivity index (χ2n) is 3.18. The Morgan fingerprint density at radius 3 is 1.56 bits per heavy atom. The van der Waals surface area contributed by atoms with Crippen LogP contribution in [0.1, 0.15) is 74.7 Å². The van der Waals surface area contributed by atoms with Crippen LogP contribution >= 0.6 is 0 Å². The van der Waals surface area contributed by atoms with Gasteiger partial charge in [-0.15, -0.1) is 0 Å². The third-order valence-electron chi connectivity index (χ3n) is 2.21. The summed E-state index contributed by atoms with van der Waals surface area (Å²) in [5, 5.41) is 0. The number of hydrogen-bond donors (Lipinski definition) is 0. The van der Waals surface area contributed by atoms with E-state index in [-0.39, 0.29) is 18.0 Å². The molecule has 0 aliphatic heterocycles. The van der Waals surface area contributed by atoms with E-state index in [1.807, 2.05) is 55.4 Å². The number of rotatable bonds is 5. The number of ether oxygens (including phenoxy) is 1. The van der Waals surface area contributed by atoms with Crippen molar-refractivity contribution >= 4 is 5.97 Å². The van der Waals surface area contributed by atoms with Crippen LogP contribution in [-0.4, -0.2) is 12.1 Å². The number of esters is 1. The summed E-state index contributed by atoms with van der Waals surface area (Å²) < 4.78 is 5.26. The second kappa shape index (κ2) is 16.9. The molecule has 0 saturated heterocycles. The minimum atomic E-state index is -0.0498. The van der Waals surface area contributed by atoms with Crippen LogP contribution in [0.2, 0.25) is 0 Å². The molecule has 100 valence electrons. The first-order valence-corrected chi connectivity index (χ1v) is 6.86. The molecule has 0 spiro atoms. The lowest BCUT2D eigenvalue weighted by Crippen LogP contribution is -2.21. The predicted molar refractivity (Wildman–Crippen MR) is 72.6 cm³/mol. The summed E-state index contributed by atoms with van der Waals surface area (Å²) in [4.78, 5) is 11.3. The molecule has 0 fully saturated rings. The van der Waals surface area contributed by atoms with Gasteiger partial charge in [-0.05, 0) is 19.3 Å². The molecule has 0 radical (unpaired) electrons. The summed E-state index contributed by atoms with van der Waals surface area (Å²) in [7, 11) is 0. The summed E-state index contributed by atoms with van der Waals surface area (Å²) in [6, 6.07) is 0. The van der Waals surface area contributed by atoms with Gasteiger partial charge >= 0.3 is 5.97 Å². The largest absolute Gasteiger partial charge is 0.462 e. The average molecular weight is 232 g/mol. The first kappa shape index (κ1) is 20.8. The molecule has 0 bridgehead atoms. The number of carbonyl (C=O) groups excluding carboxylic acids is 1. The molecule has 2 heteroatoms. The highest BCUT2D eigenvalue weighted by atomic mass is 16.5. The van der Waals surface area contributed by atoms with Crippen molar-refractivity contribution in [2.75, 3.05) is 0 Å². The van der Waals surface area contributed by atoms with Crippen LogP contribution in [-0.2, 0) is 9.53 Å². The van der Waals surface area contributed by atoms with E-state index in [2.05, 4.69) is 0 Å². The molecular formula is C14H32O2. The Morgan fingerprint density at radius 1 is 0.938 bits per heavy atom. The lowest BCUT2D eigenvalue weighted by molar-refractivity contribution is -0.153. The molecule has 0 aliphatic rings. The molecule has 16 heavy (non-hydrogen) atoms. The van der Waals surface area contributed by atoms with Gasteiger partial charge in [-0.1, -0.05) is 55.4 Å². The van der Waals surface area contributed by atoms with E-state index in [0.29, 0.717) is 0 Å². The van der Waals surface area contributed by atoms with Crippen LogP contribution in [0.4, 0.5) is 0 Å². The topological polar surface area (TPSA) is 26.3 Å². The van der Waals surface area contributed by atoms with Crippen molar-refractivity contribution in [3.63, 3.8) is 0 Å². The van der Waals surface area contributed by atoms with E-state index >= 15 is 0 Å². The van der Waals surface area contributed by atoms with Gasteiger partial charge in [0.2, 0.25) is 0 Å². The van der Waals surface area contributed by atoms with Crippen LogP contribution in [0.25, 0.3) is 0 Å². The zero-order chi connectivity index (χ0) is 13.6. The Morgan fingerprint density at radius 2 is 1.31 bits per heavy atom.